The third-order valence-corrected chi connectivity index (χ3v) is 4.03. The molecule has 1 saturated heterocycles. The summed E-state index contributed by atoms with van der Waals surface area (Å²) in [4.78, 5) is 13.6. The standard InChI is InChI=1S/C19H22N2O/c1-14-10-15(2)12-16(11-14)13-20-17-5-7-18(8-6-17)21-9-3-4-19(21)22/h5-8,10-12,20H,3-4,9,13H2,1-2H3. The van der Waals surface area contributed by atoms with Gasteiger partial charge in [0.2, 0.25) is 5.91 Å². The molecule has 1 heterocycles. The zero-order valence-electron chi connectivity index (χ0n) is 13.2. The second kappa shape index (κ2) is 6.22. The lowest BCUT2D eigenvalue weighted by molar-refractivity contribution is -0.117. The molecule has 0 bridgehead atoms. The molecule has 114 valence electrons. The van der Waals surface area contributed by atoms with Crippen LogP contribution in [0, 0.1) is 13.8 Å². The summed E-state index contributed by atoms with van der Waals surface area (Å²) in [6.07, 6.45) is 1.64. The molecular weight excluding hydrogens is 272 g/mol. The maximum Gasteiger partial charge on any atom is 0.227 e. The summed E-state index contributed by atoms with van der Waals surface area (Å²) in [6.45, 7) is 5.90. The fourth-order valence-electron chi connectivity index (χ4n) is 3.06. The second-order valence-corrected chi connectivity index (χ2v) is 6.05. The summed E-state index contributed by atoms with van der Waals surface area (Å²) in [7, 11) is 0. The van der Waals surface area contributed by atoms with Crippen LogP contribution in [0.1, 0.15) is 29.5 Å². The molecule has 0 atom stereocenters. The number of amides is 1. The van der Waals surface area contributed by atoms with Crippen molar-refractivity contribution in [1.82, 2.24) is 0 Å². The number of rotatable bonds is 4. The lowest BCUT2D eigenvalue weighted by atomic mass is 10.1. The number of aryl methyl sites for hydroxylation is 2. The summed E-state index contributed by atoms with van der Waals surface area (Å²) in [5.74, 6) is 0.232. The Labute approximate surface area is 132 Å². The molecule has 0 radical (unpaired) electrons. The summed E-state index contributed by atoms with van der Waals surface area (Å²) in [5, 5.41) is 3.44. The number of hydrogen-bond donors (Lipinski definition) is 1. The molecule has 0 spiro atoms. The van der Waals surface area contributed by atoms with Crippen molar-refractivity contribution in [3.63, 3.8) is 0 Å². The Bertz CT molecular complexity index is 656. The molecule has 0 unspecified atom stereocenters. The van der Waals surface area contributed by atoms with E-state index in [0.29, 0.717) is 6.42 Å². The highest BCUT2D eigenvalue weighted by Crippen LogP contribution is 2.23. The van der Waals surface area contributed by atoms with Gasteiger partial charge in [0.25, 0.3) is 0 Å². The van der Waals surface area contributed by atoms with Gasteiger partial charge in [-0.2, -0.15) is 0 Å². The molecule has 2 aromatic carbocycles. The Kier molecular flexibility index (Phi) is 4.14. The van der Waals surface area contributed by atoms with Crippen molar-refractivity contribution in [2.24, 2.45) is 0 Å². The Morgan fingerprint density at radius 1 is 1.05 bits per heavy atom. The maximum absolute atomic E-state index is 11.7. The van der Waals surface area contributed by atoms with Gasteiger partial charge in [-0.05, 0) is 50.1 Å². The highest BCUT2D eigenvalue weighted by atomic mass is 16.2. The second-order valence-electron chi connectivity index (χ2n) is 6.05. The predicted molar refractivity (Wildman–Crippen MR) is 91.3 cm³/mol. The number of anilines is 2. The van der Waals surface area contributed by atoms with Gasteiger partial charge < -0.3 is 10.2 Å². The number of nitrogens with zero attached hydrogens (tertiary/aromatic N) is 1. The van der Waals surface area contributed by atoms with Gasteiger partial charge in [-0.25, -0.2) is 0 Å². The minimum atomic E-state index is 0.232. The van der Waals surface area contributed by atoms with Gasteiger partial charge >= 0.3 is 0 Å². The van der Waals surface area contributed by atoms with Gasteiger partial charge in [0, 0.05) is 30.9 Å². The smallest absolute Gasteiger partial charge is 0.227 e. The van der Waals surface area contributed by atoms with Crippen molar-refractivity contribution >= 4 is 17.3 Å². The Morgan fingerprint density at radius 3 is 2.32 bits per heavy atom. The average molecular weight is 294 g/mol. The van der Waals surface area contributed by atoms with Crippen molar-refractivity contribution in [1.29, 1.82) is 0 Å². The molecular formula is C19H22N2O. The molecule has 1 fully saturated rings. The molecule has 3 rings (SSSR count). The van der Waals surface area contributed by atoms with Crippen LogP contribution in [-0.2, 0) is 11.3 Å². The minimum Gasteiger partial charge on any atom is -0.381 e. The van der Waals surface area contributed by atoms with E-state index < -0.39 is 0 Å². The van der Waals surface area contributed by atoms with Gasteiger partial charge in [-0.1, -0.05) is 29.3 Å². The van der Waals surface area contributed by atoms with Gasteiger partial charge in [0.05, 0.1) is 0 Å². The first kappa shape index (κ1) is 14.6. The van der Waals surface area contributed by atoms with Crippen molar-refractivity contribution < 1.29 is 4.79 Å². The SMILES string of the molecule is Cc1cc(C)cc(CNc2ccc(N3CCCC3=O)cc2)c1. The molecule has 2 aromatic rings. The Hall–Kier alpha value is -2.29. The van der Waals surface area contributed by atoms with Crippen molar-refractivity contribution in [3.8, 4) is 0 Å². The number of hydrogen-bond acceptors (Lipinski definition) is 2. The topological polar surface area (TPSA) is 32.3 Å². The van der Waals surface area contributed by atoms with Crippen LogP contribution in [0.4, 0.5) is 11.4 Å². The average Bonchev–Trinajstić information content (AvgIpc) is 2.91. The zero-order valence-corrected chi connectivity index (χ0v) is 13.2. The van der Waals surface area contributed by atoms with E-state index in [4.69, 9.17) is 0 Å². The van der Waals surface area contributed by atoms with Crippen LogP contribution >= 0.6 is 0 Å². The number of carbonyl (C=O) groups excluding carboxylic acids is 1. The zero-order chi connectivity index (χ0) is 15.5. The molecule has 1 N–H and O–H groups in total. The Balaban J connectivity index is 1.65. The van der Waals surface area contributed by atoms with Crippen molar-refractivity contribution in [2.75, 3.05) is 16.8 Å². The van der Waals surface area contributed by atoms with Crippen LogP contribution in [0.2, 0.25) is 0 Å². The summed E-state index contributed by atoms with van der Waals surface area (Å²) in [5.41, 5.74) is 5.95. The van der Waals surface area contributed by atoms with Crippen LogP contribution in [-0.4, -0.2) is 12.5 Å². The van der Waals surface area contributed by atoms with E-state index in [2.05, 4.69) is 37.4 Å². The van der Waals surface area contributed by atoms with Gasteiger partial charge in [0.15, 0.2) is 0 Å². The molecule has 0 saturated carbocycles. The van der Waals surface area contributed by atoms with Crippen LogP contribution in [0.15, 0.2) is 42.5 Å². The normalized spacial score (nSPS) is 14.5. The van der Waals surface area contributed by atoms with E-state index in [0.717, 1.165) is 30.9 Å². The minimum absolute atomic E-state index is 0.232. The van der Waals surface area contributed by atoms with Crippen LogP contribution < -0.4 is 10.2 Å². The van der Waals surface area contributed by atoms with Gasteiger partial charge in [-0.3, -0.25) is 4.79 Å². The summed E-state index contributed by atoms with van der Waals surface area (Å²) >= 11 is 0. The monoisotopic (exact) mass is 294 g/mol. The number of nitrogens with one attached hydrogen (secondary N) is 1. The van der Waals surface area contributed by atoms with Crippen molar-refractivity contribution in [3.05, 3.63) is 59.2 Å². The van der Waals surface area contributed by atoms with E-state index in [-0.39, 0.29) is 5.91 Å². The molecule has 1 aliphatic rings. The van der Waals surface area contributed by atoms with E-state index in [9.17, 15) is 4.79 Å². The molecule has 1 amide bonds. The molecule has 3 nitrogen and oxygen atoms in total. The molecule has 0 aromatic heterocycles. The van der Waals surface area contributed by atoms with Gasteiger partial charge in [-0.15, -0.1) is 0 Å². The van der Waals surface area contributed by atoms with Gasteiger partial charge in [0.1, 0.15) is 0 Å². The Morgan fingerprint density at radius 2 is 1.73 bits per heavy atom. The molecule has 0 aliphatic carbocycles. The summed E-state index contributed by atoms with van der Waals surface area (Å²) in [6, 6.07) is 14.7. The largest absolute Gasteiger partial charge is 0.381 e. The summed E-state index contributed by atoms with van der Waals surface area (Å²) < 4.78 is 0. The lowest BCUT2D eigenvalue weighted by Gasteiger charge is -2.16. The third-order valence-electron chi connectivity index (χ3n) is 4.03. The molecule has 1 aliphatic heterocycles. The fraction of sp³-hybridized carbons (Fsp3) is 0.316. The number of carbonyl (C=O) groups is 1. The maximum atomic E-state index is 11.7. The predicted octanol–water partition coefficient (Wildman–Crippen LogP) is 4.04. The van der Waals surface area contributed by atoms with Crippen LogP contribution in [0.5, 0.6) is 0 Å². The molecule has 22 heavy (non-hydrogen) atoms. The first-order valence-corrected chi connectivity index (χ1v) is 7.83. The van der Waals surface area contributed by atoms with E-state index >= 15 is 0 Å². The van der Waals surface area contributed by atoms with E-state index in [1.165, 1.54) is 16.7 Å². The first-order valence-electron chi connectivity index (χ1n) is 7.83. The van der Waals surface area contributed by atoms with E-state index in [1.807, 2.05) is 29.2 Å². The third kappa shape index (κ3) is 3.30. The quantitative estimate of drug-likeness (QED) is 0.923. The van der Waals surface area contributed by atoms with E-state index in [1.54, 1.807) is 0 Å². The van der Waals surface area contributed by atoms with Crippen molar-refractivity contribution in [2.45, 2.75) is 33.2 Å². The highest BCUT2D eigenvalue weighted by Gasteiger charge is 2.21. The fourth-order valence-corrected chi connectivity index (χ4v) is 3.06. The van der Waals surface area contributed by atoms with Crippen LogP contribution in [0.25, 0.3) is 0 Å². The highest BCUT2D eigenvalue weighted by molar-refractivity contribution is 5.95. The first-order chi connectivity index (χ1) is 10.6. The van der Waals surface area contributed by atoms with Crippen LogP contribution in [0.3, 0.4) is 0 Å². The lowest BCUT2D eigenvalue weighted by Crippen LogP contribution is -2.23. The number of benzene rings is 2. The molecule has 3 heteroatoms.